The van der Waals surface area contributed by atoms with Gasteiger partial charge in [-0.1, -0.05) is 13.8 Å². The minimum absolute atomic E-state index is 0.0710. The number of fused-ring (bicyclic) bond motifs is 1. The van der Waals surface area contributed by atoms with Gasteiger partial charge >= 0.3 is 0 Å². The lowest BCUT2D eigenvalue weighted by Crippen LogP contribution is -2.52. The Kier molecular flexibility index (Phi) is 4.70. The van der Waals surface area contributed by atoms with Gasteiger partial charge in [-0.05, 0) is 43.2 Å². The van der Waals surface area contributed by atoms with Gasteiger partial charge in [-0.15, -0.1) is 11.3 Å². The Morgan fingerprint density at radius 2 is 2.38 bits per heavy atom. The zero-order chi connectivity index (χ0) is 15.6. The van der Waals surface area contributed by atoms with Crippen LogP contribution in [0.2, 0.25) is 0 Å². The molecular weight excluding hydrogens is 282 g/mol. The molecule has 4 nitrogen and oxygen atoms in total. The Hall–Kier alpha value is -1.38. The van der Waals surface area contributed by atoms with Gasteiger partial charge < -0.3 is 5.32 Å². The summed E-state index contributed by atoms with van der Waals surface area (Å²) in [5.41, 5.74) is 0.537. The molecule has 0 fully saturated rings. The standard InChI is InChI=1S/C16H23N3OS/c1-11(2)16(4,10-17)18-15(20)9-19-7-5-14-13(12(19)3)6-8-21-14/h6,8,11-12H,5,7,9H2,1-4H3,(H,18,20)/t12-,16+/m1/s1. The Labute approximate surface area is 130 Å². The normalized spacial score (nSPS) is 21.4. The molecule has 2 rings (SSSR count). The Morgan fingerprint density at radius 1 is 1.67 bits per heavy atom. The van der Waals surface area contributed by atoms with Crippen LogP contribution >= 0.6 is 11.3 Å². The van der Waals surface area contributed by atoms with E-state index in [-0.39, 0.29) is 17.9 Å². The molecule has 0 unspecified atom stereocenters. The number of nitrogens with zero attached hydrogens (tertiary/aromatic N) is 2. The van der Waals surface area contributed by atoms with E-state index in [0.29, 0.717) is 6.54 Å². The van der Waals surface area contributed by atoms with Crippen LogP contribution in [0.1, 0.15) is 44.2 Å². The van der Waals surface area contributed by atoms with Crippen molar-refractivity contribution in [3.8, 4) is 6.07 Å². The summed E-state index contributed by atoms with van der Waals surface area (Å²) in [6.45, 7) is 9.07. The average molecular weight is 305 g/mol. The topological polar surface area (TPSA) is 56.1 Å². The number of amides is 1. The van der Waals surface area contributed by atoms with Crippen molar-refractivity contribution in [2.24, 2.45) is 5.92 Å². The van der Waals surface area contributed by atoms with Crippen LogP contribution in [-0.4, -0.2) is 29.4 Å². The Bertz CT molecular complexity index is 560. The first-order valence-corrected chi connectivity index (χ1v) is 8.28. The van der Waals surface area contributed by atoms with Crippen molar-refractivity contribution in [3.63, 3.8) is 0 Å². The fourth-order valence-electron chi connectivity index (χ4n) is 2.59. The highest BCUT2D eigenvalue weighted by atomic mass is 32.1. The fraction of sp³-hybridized carbons (Fsp3) is 0.625. The SMILES string of the molecule is CC(C)[C@](C)(C#N)NC(=O)CN1CCc2sccc2[C@H]1C. The van der Waals surface area contributed by atoms with Crippen molar-refractivity contribution in [1.29, 1.82) is 5.26 Å². The summed E-state index contributed by atoms with van der Waals surface area (Å²) in [5.74, 6) is 0.00647. The van der Waals surface area contributed by atoms with Gasteiger partial charge in [-0.3, -0.25) is 9.69 Å². The molecule has 1 N–H and O–H groups in total. The van der Waals surface area contributed by atoms with Crippen LogP contribution in [0.15, 0.2) is 11.4 Å². The number of nitriles is 1. The first kappa shape index (κ1) is 16.0. The van der Waals surface area contributed by atoms with Gasteiger partial charge in [-0.2, -0.15) is 5.26 Å². The van der Waals surface area contributed by atoms with E-state index in [1.54, 1.807) is 18.3 Å². The van der Waals surface area contributed by atoms with Crippen molar-refractivity contribution >= 4 is 17.2 Å². The van der Waals surface area contributed by atoms with E-state index in [9.17, 15) is 10.1 Å². The predicted molar refractivity (Wildman–Crippen MR) is 85.0 cm³/mol. The van der Waals surface area contributed by atoms with Gasteiger partial charge in [0, 0.05) is 17.5 Å². The lowest BCUT2D eigenvalue weighted by molar-refractivity contribution is -0.124. The second-order valence-corrected chi connectivity index (χ2v) is 7.21. The van der Waals surface area contributed by atoms with E-state index in [0.717, 1.165) is 13.0 Å². The van der Waals surface area contributed by atoms with Crippen LogP contribution in [0, 0.1) is 17.2 Å². The molecule has 1 aliphatic rings. The maximum atomic E-state index is 12.3. The number of nitrogens with one attached hydrogen (secondary N) is 1. The molecular formula is C16H23N3OS. The molecule has 1 aromatic rings. The van der Waals surface area contributed by atoms with Gasteiger partial charge in [0.25, 0.3) is 0 Å². The summed E-state index contributed by atoms with van der Waals surface area (Å²) in [6, 6.07) is 4.64. The number of rotatable bonds is 4. The lowest BCUT2D eigenvalue weighted by Gasteiger charge is -2.34. The van der Waals surface area contributed by atoms with E-state index in [1.807, 2.05) is 13.8 Å². The zero-order valence-corrected chi connectivity index (χ0v) is 14.0. The van der Waals surface area contributed by atoms with Crippen molar-refractivity contribution in [3.05, 3.63) is 21.9 Å². The highest BCUT2D eigenvalue weighted by Gasteiger charge is 2.32. The van der Waals surface area contributed by atoms with E-state index >= 15 is 0 Å². The molecule has 2 heterocycles. The highest BCUT2D eigenvalue weighted by molar-refractivity contribution is 7.10. The minimum atomic E-state index is -0.802. The van der Waals surface area contributed by atoms with E-state index < -0.39 is 5.54 Å². The van der Waals surface area contributed by atoms with Gasteiger partial charge in [0.2, 0.25) is 5.91 Å². The predicted octanol–water partition coefficient (Wildman–Crippen LogP) is 2.72. The summed E-state index contributed by atoms with van der Waals surface area (Å²) in [4.78, 5) is 15.9. The Morgan fingerprint density at radius 3 is 3.00 bits per heavy atom. The van der Waals surface area contributed by atoms with E-state index in [2.05, 4.69) is 34.7 Å². The monoisotopic (exact) mass is 305 g/mol. The van der Waals surface area contributed by atoms with Crippen LogP contribution in [0.25, 0.3) is 0 Å². The molecule has 1 amide bonds. The van der Waals surface area contributed by atoms with Crippen LogP contribution in [0.3, 0.4) is 0 Å². The van der Waals surface area contributed by atoms with Crippen LogP contribution in [-0.2, 0) is 11.2 Å². The van der Waals surface area contributed by atoms with Crippen LogP contribution in [0.4, 0.5) is 0 Å². The fourth-order valence-corrected chi connectivity index (χ4v) is 3.56. The summed E-state index contributed by atoms with van der Waals surface area (Å²) < 4.78 is 0. The molecule has 0 radical (unpaired) electrons. The number of carbonyl (C=O) groups is 1. The van der Waals surface area contributed by atoms with Gasteiger partial charge in [-0.25, -0.2) is 0 Å². The number of carbonyl (C=O) groups excluding carboxylic acids is 1. The van der Waals surface area contributed by atoms with Crippen molar-refractivity contribution in [2.75, 3.05) is 13.1 Å². The summed E-state index contributed by atoms with van der Waals surface area (Å²) in [5, 5.41) is 14.3. The molecule has 0 saturated heterocycles. The maximum Gasteiger partial charge on any atom is 0.235 e. The minimum Gasteiger partial charge on any atom is -0.337 e. The molecule has 0 saturated carbocycles. The molecule has 0 spiro atoms. The highest BCUT2D eigenvalue weighted by Crippen LogP contribution is 2.32. The summed E-state index contributed by atoms with van der Waals surface area (Å²) in [7, 11) is 0. The lowest BCUT2D eigenvalue weighted by atomic mass is 9.90. The van der Waals surface area contributed by atoms with Gasteiger partial charge in [0.05, 0.1) is 12.6 Å². The largest absolute Gasteiger partial charge is 0.337 e. The second-order valence-electron chi connectivity index (χ2n) is 6.21. The first-order chi connectivity index (χ1) is 9.87. The molecule has 114 valence electrons. The van der Waals surface area contributed by atoms with E-state index in [4.69, 9.17) is 0 Å². The van der Waals surface area contributed by atoms with Crippen molar-refractivity contribution in [2.45, 2.75) is 45.7 Å². The summed E-state index contributed by atoms with van der Waals surface area (Å²) >= 11 is 1.80. The zero-order valence-electron chi connectivity index (χ0n) is 13.1. The molecule has 0 aromatic carbocycles. The van der Waals surface area contributed by atoms with E-state index in [1.165, 1.54) is 10.4 Å². The molecule has 1 aromatic heterocycles. The molecule has 2 atom stereocenters. The second kappa shape index (κ2) is 6.17. The van der Waals surface area contributed by atoms with Crippen LogP contribution < -0.4 is 5.32 Å². The molecule has 5 heteroatoms. The van der Waals surface area contributed by atoms with Gasteiger partial charge in [0.1, 0.15) is 5.54 Å². The van der Waals surface area contributed by atoms with Crippen molar-refractivity contribution < 1.29 is 4.79 Å². The molecule has 21 heavy (non-hydrogen) atoms. The maximum absolute atomic E-state index is 12.3. The third kappa shape index (κ3) is 3.28. The third-order valence-corrected chi connectivity index (χ3v) is 5.53. The Balaban J connectivity index is 2.00. The number of hydrogen-bond donors (Lipinski definition) is 1. The first-order valence-electron chi connectivity index (χ1n) is 7.40. The molecule has 0 bridgehead atoms. The number of thiophene rings is 1. The van der Waals surface area contributed by atoms with Gasteiger partial charge in [0.15, 0.2) is 0 Å². The van der Waals surface area contributed by atoms with Crippen LogP contribution in [0.5, 0.6) is 0 Å². The molecule has 1 aliphatic heterocycles. The molecule has 0 aliphatic carbocycles. The number of hydrogen-bond acceptors (Lipinski definition) is 4. The van der Waals surface area contributed by atoms with Crippen molar-refractivity contribution in [1.82, 2.24) is 10.2 Å². The average Bonchev–Trinajstić information content (AvgIpc) is 2.90. The third-order valence-electron chi connectivity index (χ3n) is 4.54. The smallest absolute Gasteiger partial charge is 0.235 e. The summed E-state index contributed by atoms with van der Waals surface area (Å²) in [6.07, 6.45) is 1.00. The quantitative estimate of drug-likeness (QED) is 0.930.